The largest absolute Gasteiger partial charge is 0.342 e. The molecule has 2 amide bonds. The summed E-state index contributed by atoms with van der Waals surface area (Å²) < 4.78 is 0. The zero-order valence-electron chi connectivity index (χ0n) is 17.2. The first-order chi connectivity index (χ1) is 15.0. The van der Waals surface area contributed by atoms with E-state index in [9.17, 15) is 14.4 Å². The first-order valence-electron chi connectivity index (χ1n) is 10.00. The van der Waals surface area contributed by atoms with E-state index in [1.54, 1.807) is 18.2 Å². The van der Waals surface area contributed by atoms with Gasteiger partial charge in [0.25, 0.3) is 5.91 Å². The Morgan fingerprint density at radius 3 is 2.23 bits per heavy atom. The summed E-state index contributed by atoms with van der Waals surface area (Å²) in [5, 5.41) is 5.54. The summed E-state index contributed by atoms with van der Waals surface area (Å²) in [6, 6.07) is 23.6. The molecule has 31 heavy (non-hydrogen) atoms. The van der Waals surface area contributed by atoms with Crippen molar-refractivity contribution in [3.8, 4) is 0 Å². The fourth-order valence-electron chi connectivity index (χ4n) is 3.19. The third-order valence-electron chi connectivity index (χ3n) is 4.65. The third-order valence-corrected chi connectivity index (χ3v) is 4.65. The topological polar surface area (TPSA) is 75.3 Å². The van der Waals surface area contributed by atoms with Gasteiger partial charge in [0.1, 0.15) is 6.29 Å². The van der Waals surface area contributed by atoms with Gasteiger partial charge >= 0.3 is 0 Å². The van der Waals surface area contributed by atoms with Crippen LogP contribution in [0.25, 0.3) is 12.2 Å². The fourth-order valence-corrected chi connectivity index (χ4v) is 3.19. The monoisotopic (exact) mass is 412 g/mol. The molecule has 0 saturated carbocycles. The van der Waals surface area contributed by atoms with E-state index in [-0.39, 0.29) is 11.8 Å². The molecule has 1 atom stereocenters. The molecule has 0 fully saturated rings. The highest BCUT2D eigenvalue weighted by molar-refractivity contribution is 6.01. The Morgan fingerprint density at radius 2 is 1.58 bits per heavy atom. The van der Waals surface area contributed by atoms with Crippen LogP contribution >= 0.6 is 0 Å². The van der Waals surface area contributed by atoms with E-state index >= 15 is 0 Å². The fraction of sp³-hybridized carbons (Fsp3) is 0.115. The molecule has 5 heteroatoms. The predicted octanol–water partition coefficient (Wildman–Crippen LogP) is 4.36. The SMILES string of the molecule is CC(=O)Nc1ccc(C(=O)NC(C=O)Cc2ccccc2)c(C=Cc2ccccc2)c1. The minimum atomic E-state index is -0.643. The van der Waals surface area contributed by atoms with Gasteiger partial charge in [-0.1, -0.05) is 72.8 Å². The predicted molar refractivity (Wildman–Crippen MR) is 124 cm³/mol. The van der Waals surface area contributed by atoms with E-state index in [1.807, 2.05) is 72.8 Å². The molecule has 156 valence electrons. The van der Waals surface area contributed by atoms with Gasteiger partial charge in [-0.2, -0.15) is 0 Å². The van der Waals surface area contributed by atoms with Crippen LogP contribution in [0.3, 0.4) is 0 Å². The second kappa shape index (κ2) is 10.7. The summed E-state index contributed by atoms with van der Waals surface area (Å²) in [4.78, 5) is 36.0. The Bertz CT molecular complexity index is 1080. The van der Waals surface area contributed by atoms with Crippen LogP contribution in [0.5, 0.6) is 0 Å². The lowest BCUT2D eigenvalue weighted by atomic mass is 10.0. The molecule has 2 N–H and O–H groups in total. The lowest BCUT2D eigenvalue weighted by Gasteiger charge is -2.15. The number of benzene rings is 3. The van der Waals surface area contributed by atoms with Gasteiger partial charge in [-0.05, 0) is 41.3 Å². The van der Waals surface area contributed by atoms with Gasteiger partial charge in [0.05, 0.1) is 6.04 Å². The number of rotatable bonds is 8. The lowest BCUT2D eigenvalue weighted by Crippen LogP contribution is -2.37. The molecule has 0 aliphatic heterocycles. The average Bonchev–Trinajstić information content (AvgIpc) is 2.78. The first kappa shape index (κ1) is 21.7. The molecule has 0 spiro atoms. The number of hydrogen-bond donors (Lipinski definition) is 2. The number of anilines is 1. The quantitative estimate of drug-likeness (QED) is 0.427. The van der Waals surface area contributed by atoms with Gasteiger partial charge in [0.15, 0.2) is 0 Å². The van der Waals surface area contributed by atoms with Crippen LogP contribution in [0.2, 0.25) is 0 Å². The van der Waals surface area contributed by atoms with Gasteiger partial charge in [0.2, 0.25) is 5.91 Å². The second-order valence-corrected chi connectivity index (χ2v) is 7.13. The summed E-state index contributed by atoms with van der Waals surface area (Å²) in [6.07, 6.45) is 4.87. The van der Waals surface area contributed by atoms with Crippen molar-refractivity contribution < 1.29 is 14.4 Å². The Labute approximate surface area is 181 Å². The van der Waals surface area contributed by atoms with Crippen LogP contribution in [-0.4, -0.2) is 24.1 Å². The molecule has 3 aromatic rings. The Balaban J connectivity index is 1.85. The minimum Gasteiger partial charge on any atom is -0.342 e. The van der Waals surface area contributed by atoms with Crippen molar-refractivity contribution in [3.63, 3.8) is 0 Å². The standard InChI is InChI=1S/C26H24N2O3/c1-19(30)27-23-14-15-25(22(17-23)13-12-20-8-4-2-5-9-20)26(31)28-24(18-29)16-21-10-6-3-7-11-21/h2-15,17-18,24H,16H2,1H3,(H,27,30)(H,28,31). The van der Waals surface area contributed by atoms with E-state index in [0.29, 0.717) is 23.2 Å². The minimum absolute atomic E-state index is 0.195. The first-order valence-corrected chi connectivity index (χ1v) is 10.00. The van der Waals surface area contributed by atoms with Crippen molar-refractivity contribution in [1.82, 2.24) is 5.32 Å². The molecule has 5 nitrogen and oxygen atoms in total. The van der Waals surface area contributed by atoms with E-state index in [0.717, 1.165) is 17.4 Å². The lowest BCUT2D eigenvalue weighted by molar-refractivity contribution is -0.114. The van der Waals surface area contributed by atoms with Crippen LogP contribution < -0.4 is 10.6 Å². The zero-order valence-corrected chi connectivity index (χ0v) is 17.2. The zero-order chi connectivity index (χ0) is 22.1. The number of carbonyl (C=O) groups is 3. The van der Waals surface area contributed by atoms with Gasteiger partial charge in [0, 0.05) is 18.2 Å². The van der Waals surface area contributed by atoms with Gasteiger partial charge in [-0.15, -0.1) is 0 Å². The van der Waals surface area contributed by atoms with Crippen molar-refractivity contribution in [2.24, 2.45) is 0 Å². The molecule has 3 aromatic carbocycles. The molecule has 3 rings (SSSR count). The second-order valence-electron chi connectivity index (χ2n) is 7.13. The van der Waals surface area contributed by atoms with Gasteiger partial charge < -0.3 is 15.4 Å². The number of hydrogen-bond acceptors (Lipinski definition) is 3. The molecule has 0 aliphatic carbocycles. The summed E-state index contributed by atoms with van der Waals surface area (Å²) in [5.41, 5.74) is 3.59. The normalized spacial score (nSPS) is 11.6. The van der Waals surface area contributed by atoms with Crippen molar-refractivity contribution in [3.05, 3.63) is 101 Å². The molecule has 0 radical (unpaired) electrons. The average molecular weight is 412 g/mol. The molecule has 1 unspecified atom stereocenters. The van der Waals surface area contributed by atoms with Crippen LogP contribution in [0.4, 0.5) is 5.69 Å². The Morgan fingerprint density at radius 1 is 0.903 bits per heavy atom. The Hall–Kier alpha value is -3.99. The molecule has 0 aromatic heterocycles. The summed E-state index contributed by atoms with van der Waals surface area (Å²) >= 11 is 0. The van der Waals surface area contributed by atoms with E-state index in [4.69, 9.17) is 0 Å². The molecule has 0 aliphatic rings. The summed E-state index contributed by atoms with van der Waals surface area (Å²) in [6.45, 7) is 1.43. The summed E-state index contributed by atoms with van der Waals surface area (Å²) in [5.74, 6) is -0.547. The van der Waals surface area contributed by atoms with E-state index in [2.05, 4.69) is 10.6 Å². The van der Waals surface area contributed by atoms with Gasteiger partial charge in [-0.25, -0.2) is 0 Å². The molecule has 0 heterocycles. The van der Waals surface area contributed by atoms with Crippen molar-refractivity contribution in [2.75, 3.05) is 5.32 Å². The summed E-state index contributed by atoms with van der Waals surface area (Å²) in [7, 11) is 0. The van der Waals surface area contributed by atoms with E-state index in [1.165, 1.54) is 6.92 Å². The number of aldehydes is 1. The highest BCUT2D eigenvalue weighted by Gasteiger charge is 2.16. The van der Waals surface area contributed by atoms with Crippen molar-refractivity contribution >= 4 is 35.9 Å². The maximum absolute atomic E-state index is 13.0. The molecular weight excluding hydrogens is 388 g/mol. The van der Waals surface area contributed by atoms with Crippen LogP contribution in [-0.2, 0) is 16.0 Å². The Kier molecular flexibility index (Phi) is 7.49. The van der Waals surface area contributed by atoms with Crippen molar-refractivity contribution in [2.45, 2.75) is 19.4 Å². The van der Waals surface area contributed by atoms with Gasteiger partial charge in [-0.3, -0.25) is 9.59 Å². The van der Waals surface area contributed by atoms with Crippen molar-refractivity contribution in [1.29, 1.82) is 0 Å². The number of carbonyl (C=O) groups excluding carboxylic acids is 3. The molecule has 0 saturated heterocycles. The van der Waals surface area contributed by atoms with E-state index < -0.39 is 6.04 Å². The highest BCUT2D eigenvalue weighted by atomic mass is 16.2. The highest BCUT2D eigenvalue weighted by Crippen LogP contribution is 2.20. The number of amides is 2. The molecular formula is C26H24N2O3. The van der Waals surface area contributed by atoms with Crippen LogP contribution in [0.15, 0.2) is 78.9 Å². The smallest absolute Gasteiger partial charge is 0.252 e. The molecule has 0 bridgehead atoms. The number of nitrogens with one attached hydrogen (secondary N) is 2. The maximum atomic E-state index is 13.0. The van der Waals surface area contributed by atoms with Crippen LogP contribution in [0.1, 0.15) is 34.0 Å². The third kappa shape index (κ3) is 6.51. The van der Waals surface area contributed by atoms with Crippen LogP contribution in [0, 0.1) is 0 Å². The maximum Gasteiger partial charge on any atom is 0.252 e.